The third kappa shape index (κ3) is 6.85. The summed E-state index contributed by atoms with van der Waals surface area (Å²) in [5.74, 6) is 0.0690. The molecule has 0 spiro atoms. The number of ether oxygens (including phenoxy) is 1. The van der Waals surface area contributed by atoms with Gasteiger partial charge in [0.2, 0.25) is 0 Å². The lowest BCUT2D eigenvalue weighted by Crippen LogP contribution is -2.33. The van der Waals surface area contributed by atoms with Crippen LogP contribution < -0.4 is 0 Å². The summed E-state index contributed by atoms with van der Waals surface area (Å²) >= 11 is 5.01. The molecule has 0 aliphatic carbocycles. The van der Waals surface area contributed by atoms with Crippen molar-refractivity contribution in [3.63, 3.8) is 0 Å². The number of rotatable bonds is 16. The molecule has 0 saturated heterocycles. The van der Waals surface area contributed by atoms with Crippen LogP contribution in [0.3, 0.4) is 0 Å². The highest BCUT2D eigenvalue weighted by Crippen LogP contribution is 2.45. The molecule has 4 rings (SSSR count). The fraction of sp³-hybridized carbons (Fsp3) is 0.548. The number of aryl methyl sites for hydroxylation is 2. The Labute approximate surface area is 240 Å². The van der Waals surface area contributed by atoms with E-state index in [-0.39, 0.29) is 18.5 Å². The Morgan fingerprint density at radius 2 is 1.34 bits per heavy atom. The number of hydrogen-bond donors (Lipinski definition) is 0. The van der Waals surface area contributed by atoms with E-state index in [4.69, 9.17) is 4.74 Å². The lowest BCUT2D eigenvalue weighted by atomic mass is 9.95. The topological polar surface area (TPSA) is 46.6 Å². The number of carbonyl (C=O) groups excluding carboxylic acids is 2. The number of hydrogen-bond acceptors (Lipinski definition) is 6. The summed E-state index contributed by atoms with van der Waals surface area (Å²) in [7, 11) is 0. The summed E-state index contributed by atoms with van der Waals surface area (Å²) in [6, 6.07) is 8.48. The third-order valence-electron chi connectivity index (χ3n) is 7.32. The van der Waals surface area contributed by atoms with Crippen LogP contribution in [0.4, 0.5) is 0 Å². The Morgan fingerprint density at radius 1 is 0.737 bits per heavy atom. The minimum Gasteiger partial charge on any atom is -0.360 e. The summed E-state index contributed by atoms with van der Waals surface area (Å²) in [5.41, 5.74) is 1.13. The van der Waals surface area contributed by atoms with Gasteiger partial charge in [-0.2, -0.15) is 0 Å². The van der Waals surface area contributed by atoms with Crippen molar-refractivity contribution in [1.29, 1.82) is 0 Å². The lowest BCUT2D eigenvalue weighted by Gasteiger charge is -2.20. The van der Waals surface area contributed by atoms with E-state index in [0.717, 1.165) is 27.5 Å². The first-order valence-corrected chi connectivity index (χ1v) is 16.6. The van der Waals surface area contributed by atoms with Crippen LogP contribution in [0.15, 0.2) is 24.3 Å². The van der Waals surface area contributed by atoms with Gasteiger partial charge in [-0.05, 0) is 56.9 Å². The first-order valence-electron chi connectivity index (χ1n) is 14.2. The fourth-order valence-electron chi connectivity index (χ4n) is 5.16. The first kappa shape index (κ1) is 29.2. The second kappa shape index (κ2) is 14.0. The average Bonchev–Trinajstić information content (AvgIpc) is 3.67. The van der Waals surface area contributed by atoms with Gasteiger partial charge >= 0.3 is 0 Å². The number of amides is 2. The van der Waals surface area contributed by atoms with Crippen molar-refractivity contribution in [1.82, 2.24) is 4.90 Å². The number of nitrogens with zero attached hydrogens (tertiary/aromatic N) is 1. The van der Waals surface area contributed by atoms with E-state index in [2.05, 4.69) is 45.0 Å². The molecule has 3 aromatic rings. The Balaban J connectivity index is 1.40. The van der Waals surface area contributed by atoms with Crippen LogP contribution in [0.5, 0.6) is 0 Å². The van der Waals surface area contributed by atoms with Gasteiger partial charge in [0.1, 0.15) is 6.73 Å². The third-order valence-corrected chi connectivity index (χ3v) is 10.9. The van der Waals surface area contributed by atoms with Crippen LogP contribution in [-0.2, 0) is 4.74 Å². The van der Waals surface area contributed by atoms with E-state index in [1.165, 1.54) is 70.9 Å². The van der Waals surface area contributed by atoms with Crippen molar-refractivity contribution in [2.24, 2.45) is 5.92 Å². The SMILES string of the molecule is CCCCCCC(CCCCCC)COCN1C(=O)c2c(C)sc(-c3ccc(-c4ccc(C)s4)s3)c2C1=O. The highest BCUT2D eigenvalue weighted by molar-refractivity contribution is 7.26. The van der Waals surface area contributed by atoms with E-state index < -0.39 is 0 Å². The van der Waals surface area contributed by atoms with Crippen molar-refractivity contribution < 1.29 is 14.3 Å². The van der Waals surface area contributed by atoms with Crippen LogP contribution in [0.25, 0.3) is 19.5 Å². The zero-order valence-corrected chi connectivity index (χ0v) is 25.7. The Morgan fingerprint density at radius 3 is 1.97 bits per heavy atom. The largest absolute Gasteiger partial charge is 0.360 e. The maximum atomic E-state index is 13.5. The minimum absolute atomic E-state index is 0.0421. The van der Waals surface area contributed by atoms with Gasteiger partial charge in [-0.25, -0.2) is 4.90 Å². The van der Waals surface area contributed by atoms with Gasteiger partial charge in [-0.3, -0.25) is 9.59 Å². The molecule has 38 heavy (non-hydrogen) atoms. The standard InChI is InChI=1S/C31H41NO3S3/c1-5-7-9-11-13-23(14-12-10-8-6-2)19-35-20-32-30(33)27-22(4)37-29(28(27)31(32)34)26-18-17-25(38-26)24-16-15-21(3)36-24/h15-18,23H,5-14,19-20H2,1-4H3. The summed E-state index contributed by atoms with van der Waals surface area (Å²) in [6.07, 6.45) is 12.4. The predicted octanol–water partition coefficient (Wildman–Crippen LogP) is 9.95. The van der Waals surface area contributed by atoms with E-state index in [0.29, 0.717) is 23.7 Å². The molecule has 3 aromatic heterocycles. The fourth-order valence-corrected chi connectivity index (χ4v) is 8.38. The van der Waals surface area contributed by atoms with Gasteiger partial charge in [0, 0.05) is 24.4 Å². The predicted molar refractivity (Wildman–Crippen MR) is 163 cm³/mol. The smallest absolute Gasteiger partial charge is 0.264 e. The molecule has 0 saturated carbocycles. The molecule has 0 N–H and O–H groups in total. The molecule has 4 heterocycles. The molecular formula is C31H41NO3S3. The van der Waals surface area contributed by atoms with Gasteiger partial charge in [0.25, 0.3) is 11.8 Å². The van der Waals surface area contributed by atoms with Gasteiger partial charge < -0.3 is 4.74 Å². The van der Waals surface area contributed by atoms with Gasteiger partial charge in [-0.1, -0.05) is 65.2 Å². The van der Waals surface area contributed by atoms with Gasteiger partial charge in [-0.15, -0.1) is 34.0 Å². The zero-order valence-electron chi connectivity index (χ0n) is 23.3. The molecule has 0 fully saturated rings. The maximum absolute atomic E-state index is 13.5. The van der Waals surface area contributed by atoms with Crippen LogP contribution in [0.2, 0.25) is 0 Å². The van der Waals surface area contributed by atoms with Crippen molar-refractivity contribution in [3.05, 3.63) is 45.1 Å². The molecule has 0 radical (unpaired) electrons. The Kier molecular flexibility index (Phi) is 10.8. The maximum Gasteiger partial charge on any atom is 0.264 e. The molecular weight excluding hydrogens is 531 g/mol. The Bertz CT molecular complexity index is 1210. The van der Waals surface area contributed by atoms with E-state index in [1.54, 1.807) is 34.0 Å². The second-order valence-electron chi connectivity index (χ2n) is 10.4. The number of thiophene rings is 3. The summed E-state index contributed by atoms with van der Waals surface area (Å²) in [5, 5.41) is 0. The number of unbranched alkanes of at least 4 members (excludes halogenated alkanes) is 6. The minimum atomic E-state index is -0.214. The molecule has 0 bridgehead atoms. The zero-order chi connectivity index (χ0) is 27.1. The summed E-state index contributed by atoms with van der Waals surface area (Å²) in [6.45, 7) is 9.19. The van der Waals surface area contributed by atoms with E-state index in [9.17, 15) is 9.59 Å². The second-order valence-corrected chi connectivity index (χ2v) is 14.0. The molecule has 7 heteroatoms. The molecule has 206 valence electrons. The molecule has 0 atom stereocenters. The van der Waals surface area contributed by atoms with Crippen LogP contribution in [-0.4, -0.2) is 30.1 Å². The van der Waals surface area contributed by atoms with Crippen molar-refractivity contribution >= 4 is 45.8 Å². The highest BCUT2D eigenvalue weighted by atomic mass is 32.1. The van der Waals surface area contributed by atoms with E-state index >= 15 is 0 Å². The number of carbonyl (C=O) groups is 2. The van der Waals surface area contributed by atoms with Crippen LogP contribution >= 0.6 is 34.0 Å². The molecule has 0 unspecified atom stereocenters. The van der Waals surface area contributed by atoms with Gasteiger partial charge in [0.05, 0.1) is 22.6 Å². The highest BCUT2D eigenvalue weighted by Gasteiger charge is 2.41. The normalized spacial score (nSPS) is 13.3. The quantitative estimate of drug-likeness (QED) is 0.127. The van der Waals surface area contributed by atoms with E-state index in [1.807, 2.05) is 6.92 Å². The molecule has 0 aromatic carbocycles. The van der Waals surface area contributed by atoms with Gasteiger partial charge in [0.15, 0.2) is 0 Å². The molecule has 4 nitrogen and oxygen atoms in total. The summed E-state index contributed by atoms with van der Waals surface area (Å²) < 4.78 is 6.08. The summed E-state index contributed by atoms with van der Waals surface area (Å²) in [4.78, 5) is 34.7. The number of fused-ring (bicyclic) bond motifs is 1. The first-order chi connectivity index (χ1) is 18.4. The monoisotopic (exact) mass is 571 g/mol. The van der Waals surface area contributed by atoms with Crippen molar-refractivity contribution in [2.45, 2.75) is 91.9 Å². The Hall–Kier alpha value is -1.80. The van der Waals surface area contributed by atoms with Crippen LogP contribution in [0.1, 0.15) is 109 Å². The molecule has 2 amide bonds. The molecule has 1 aliphatic rings. The van der Waals surface area contributed by atoms with Crippen molar-refractivity contribution in [2.75, 3.05) is 13.3 Å². The van der Waals surface area contributed by atoms with Crippen LogP contribution in [0, 0.1) is 19.8 Å². The van der Waals surface area contributed by atoms with Crippen molar-refractivity contribution in [3.8, 4) is 19.5 Å². The average molecular weight is 572 g/mol. The lowest BCUT2D eigenvalue weighted by molar-refractivity contribution is 0.0135. The number of imide groups is 1. The molecule has 1 aliphatic heterocycles.